The van der Waals surface area contributed by atoms with Crippen molar-refractivity contribution in [3.63, 3.8) is 0 Å². The van der Waals surface area contributed by atoms with Gasteiger partial charge in [-0.2, -0.15) is 10.5 Å². The molecule has 1 amide bonds. The van der Waals surface area contributed by atoms with Crippen LogP contribution < -0.4 is 5.32 Å². The Hall–Kier alpha value is -2.86. The summed E-state index contributed by atoms with van der Waals surface area (Å²) in [5, 5.41) is 19.8. The van der Waals surface area contributed by atoms with Gasteiger partial charge in [-0.3, -0.25) is 4.79 Å². The Labute approximate surface area is 103 Å². The van der Waals surface area contributed by atoms with Gasteiger partial charge in [-0.05, 0) is 25.1 Å². The van der Waals surface area contributed by atoms with Gasteiger partial charge in [0.15, 0.2) is 0 Å². The number of hydrogen-bond donors (Lipinski definition) is 1. The average Bonchev–Trinajstić information content (AvgIpc) is 2.38. The van der Waals surface area contributed by atoms with Gasteiger partial charge in [0, 0.05) is 5.69 Å². The van der Waals surface area contributed by atoms with Crippen molar-refractivity contribution >= 4 is 17.6 Å². The molecular weight excluding hydrogens is 234 g/mol. The Bertz CT molecular complexity index is 535. The van der Waals surface area contributed by atoms with E-state index >= 15 is 0 Å². The fourth-order valence-corrected chi connectivity index (χ4v) is 1.21. The minimum absolute atomic E-state index is 0.0912. The highest BCUT2D eigenvalue weighted by Crippen LogP contribution is 2.14. The van der Waals surface area contributed by atoms with Crippen LogP contribution >= 0.6 is 0 Å². The third-order valence-electron chi connectivity index (χ3n) is 1.91. The monoisotopic (exact) mass is 243 g/mol. The maximum Gasteiger partial charge on any atom is 0.397 e. The lowest BCUT2D eigenvalue weighted by Gasteiger charge is -2.05. The first-order valence-corrected chi connectivity index (χ1v) is 5.04. The highest BCUT2D eigenvalue weighted by atomic mass is 16.5. The molecule has 0 unspecified atom stereocenters. The molecule has 0 bridgehead atoms. The molecule has 0 aliphatic heterocycles. The SMILES string of the molecule is CCOC(=O)C(=O)Nc1cc(C#N)cc(C#N)c1. The normalized spacial score (nSPS) is 8.83. The van der Waals surface area contributed by atoms with E-state index in [0.29, 0.717) is 0 Å². The number of amides is 1. The maximum absolute atomic E-state index is 11.4. The summed E-state index contributed by atoms with van der Waals surface area (Å²) in [7, 11) is 0. The summed E-state index contributed by atoms with van der Waals surface area (Å²) in [6, 6.07) is 7.80. The summed E-state index contributed by atoms with van der Waals surface area (Å²) in [6.07, 6.45) is 0. The van der Waals surface area contributed by atoms with E-state index in [1.807, 2.05) is 12.1 Å². The molecule has 0 spiro atoms. The number of carbonyl (C=O) groups excluding carboxylic acids is 2. The molecule has 1 aromatic carbocycles. The number of benzene rings is 1. The van der Waals surface area contributed by atoms with E-state index in [-0.39, 0.29) is 23.4 Å². The summed E-state index contributed by atoms with van der Waals surface area (Å²) < 4.78 is 4.51. The Kier molecular flexibility index (Phi) is 4.42. The second-order valence-electron chi connectivity index (χ2n) is 3.20. The zero-order valence-corrected chi connectivity index (χ0v) is 9.56. The second kappa shape index (κ2) is 6.02. The van der Waals surface area contributed by atoms with Crippen LogP contribution in [0.3, 0.4) is 0 Å². The lowest BCUT2D eigenvalue weighted by Crippen LogP contribution is -2.25. The van der Waals surface area contributed by atoms with E-state index in [2.05, 4.69) is 10.1 Å². The van der Waals surface area contributed by atoms with Gasteiger partial charge in [0.2, 0.25) is 0 Å². The first-order chi connectivity index (χ1) is 8.60. The Morgan fingerprint density at radius 3 is 2.22 bits per heavy atom. The van der Waals surface area contributed by atoms with Crippen molar-refractivity contribution in [3.05, 3.63) is 29.3 Å². The molecule has 18 heavy (non-hydrogen) atoms. The van der Waals surface area contributed by atoms with Crippen LogP contribution in [0.2, 0.25) is 0 Å². The minimum Gasteiger partial charge on any atom is -0.459 e. The van der Waals surface area contributed by atoms with Crippen molar-refractivity contribution < 1.29 is 14.3 Å². The number of nitriles is 2. The van der Waals surface area contributed by atoms with Crippen LogP contribution in [0.15, 0.2) is 18.2 Å². The zero-order chi connectivity index (χ0) is 13.5. The van der Waals surface area contributed by atoms with Crippen LogP contribution in [0.4, 0.5) is 5.69 Å². The first kappa shape index (κ1) is 13.2. The molecule has 1 aromatic rings. The van der Waals surface area contributed by atoms with Gasteiger partial charge in [0.1, 0.15) is 0 Å². The molecule has 0 saturated carbocycles. The first-order valence-electron chi connectivity index (χ1n) is 5.04. The van der Waals surface area contributed by atoms with Gasteiger partial charge in [0.05, 0.1) is 29.9 Å². The molecule has 0 aromatic heterocycles. The predicted molar refractivity (Wildman–Crippen MR) is 61.1 cm³/mol. The van der Waals surface area contributed by atoms with Crippen molar-refractivity contribution in [1.29, 1.82) is 10.5 Å². The lowest BCUT2D eigenvalue weighted by atomic mass is 10.1. The molecule has 1 N–H and O–H groups in total. The molecule has 90 valence electrons. The van der Waals surface area contributed by atoms with Crippen molar-refractivity contribution in [3.8, 4) is 12.1 Å². The van der Waals surface area contributed by atoms with E-state index < -0.39 is 11.9 Å². The number of rotatable bonds is 2. The van der Waals surface area contributed by atoms with Gasteiger partial charge in [-0.25, -0.2) is 4.79 Å². The highest BCUT2D eigenvalue weighted by Gasteiger charge is 2.15. The molecule has 1 rings (SSSR count). The smallest absolute Gasteiger partial charge is 0.397 e. The van der Waals surface area contributed by atoms with Gasteiger partial charge in [-0.15, -0.1) is 0 Å². The Morgan fingerprint density at radius 2 is 1.78 bits per heavy atom. The summed E-state index contributed by atoms with van der Waals surface area (Å²) in [5.41, 5.74) is 0.630. The highest BCUT2D eigenvalue weighted by molar-refractivity contribution is 6.37. The fourth-order valence-electron chi connectivity index (χ4n) is 1.21. The van der Waals surface area contributed by atoms with E-state index in [1.165, 1.54) is 18.2 Å². The number of nitrogens with zero attached hydrogens (tertiary/aromatic N) is 2. The third kappa shape index (κ3) is 3.32. The van der Waals surface area contributed by atoms with E-state index in [4.69, 9.17) is 10.5 Å². The summed E-state index contributed by atoms with van der Waals surface area (Å²) in [5.74, 6) is -1.96. The predicted octanol–water partition coefficient (Wildman–Crippen LogP) is 0.932. The van der Waals surface area contributed by atoms with Crippen LogP contribution in [0.1, 0.15) is 18.1 Å². The van der Waals surface area contributed by atoms with Crippen LogP contribution in [0.25, 0.3) is 0 Å². The van der Waals surface area contributed by atoms with Crippen molar-refractivity contribution in [2.45, 2.75) is 6.92 Å². The topological polar surface area (TPSA) is 103 Å². The van der Waals surface area contributed by atoms with Crippen LogP contribution in [-0.2, 0) is 14.3 Å². The van der Waals surface area contributed by atoms with Crippen molar-refractivity contribution in [2.24, 2.45) is 0 Å². The molecule has 0 atom stereocenters. The lowest BCUT2D eigenvalue weighted by molar-refractivity contribution is -0.152. The molecule has 0 saturated heterocycles. The minimum atomic E-state index is -1.02. The fraction of sp³-hybridized carbons (Fsp3) is 0.167. The average molecular weight is 243 g/mol. The molecule has 0 aliphatic rings. The number of anilines is 1. The summed E-state index contributed by atoms with van der Waals surface area (Å²) in [6.45, 7) is 1.67. The number of carbonyl (C=O) groups is 2. The Morgan fingerprint density at radius 1 is 1.22 bits per heavy atom. The van der Waals surface area contributed by atoms with E-state index in [0.717, 1.165) is 0 Å². The zero-order valence-electron chi connectivity index (χ0n) is 9.56. The van der Waals surface area contributed by atoms with Crippen LogP contribution in [0, 0.1) is 22.7 Å². The molecule has 0 radical (unpaired) electrons. The standard InChI is InChI=1S/C12H9N3O3/c1-2-18-12(17)11(16)15-10-4-8(6-13)3-9(5-10)7-14/h3-5H,2H2,1H3,(H,15,16). The number of hydrogen-bond acceptors (Lipinski definition) is 5. The summed E-state index contributed by atoms with van der Waals surface area (Å²) >= 11 is 0. The molecular formula is C12H9N3O3. The molecule has 0 fully saturated rings. The quantitative estimate of drug-likeness (QED) is 0.614. The molecule has 0 heterocycles. The Balaban J connectivity index is 2.92. The summed E-state index contributed by atoms with van der Waals surface area (Å²) in [4.78, 5) is 22.4. The second-order valence-corrected chi connectivity index (χ2v) is 3.20. The van der Waals surface area contributed by atoms with Gasteiger partial charge in [0.25, 0.3) is 0 Å². The van der Waals surface area contributed by atoms with E-state index in [1.54, 1.807) is 6.92 Å². The maximum atomic E-state index is 11.4. The van der Waals surface area contributed by atoms with E-state index in [9.17, 15) is 9.59 Å². The number of nitrogens with one attached hydrogen (secondary N) is 1. The molecule has 6 nitrogen and oxygen atoms in total. The molecule has 6 heteroatoms. The third-order valence-corrected chi connectivity index (χ3v) is 1.91. The number of esters is 1. The van der Waals surface area contributed by atoms with Gasteiger partial charge < -0.3 is 10.1 Å². The van der Waals surface area contributed by atoms with Crippen molar-refractivity contribution in [2.75, 3.05) is 11.9 Å². The largest absolute Gasteiger partial charge is 0.459 e. The number of ether oxygens (including phenoxy) is 1. The van der Waals surface area contributed by atoms with Crippen LogP contribution in [-0.4, -0.2) is 18.5 Å². The molecule has 0 aliphatic carbocycles. The van der Waals surface area contributed by atoms with Crippen LogP contribution in [0.5, 0.6) is 0 Å². The van der Waals surface area contributed by atoms with Crippen molar-refractivity contribution in [1.82, 2.24) is 0 Å². The van der Waals surface area contributed by atoms with Gasteiger partial charge in [-0.1, -0.05) is 0 Å². The van der Waals surface area contributed by atoms with Gasteiger partial charge >= 0.3 is 11.9 Å².